The van der Waals surface area contributed by atoms with Gasteiger partial charge in [0.2, 0.25) is 0 Å². The Labute approximate surface area is 160 Å². The number of carbonyl (C=O) groups is 1. The molecule has 0 spiro atoms. The zero-order valence-corrected chi connectivity index (χ0v) is 15.0. The molecule has 0 saturated heterocycles. The van der Waals surface area contributed by atoms with Crippen molar-refractivity contribution in [2.45, 2.75) is 19.3 Å². The number of rotatable bonds is 3. The van der Waals surface area contributed by atoms with E-state index in [1.54, 1.807) is 23.0 Å². The van der Waals surface area contributed by atoms with Crippen molar-refractivity contribution in [3.05, 3.63) is 83.6 Å². The van der Waals surface area contributed by atoms with E-state index < -0.39 is 0 Å². The largest absolute Gasteiger partial charge is 0.319 e. The van der Waals surface area contributed by atoms with Crippen molar-refractivity contribution in [2.24, 2.45) is 0 Å². The number of hydrogen-bond donors (Lipinski definition) is 1. The van der Waals surface area contributed by atoms with E-state index in [0.717, 1.165) is 47.1 Å². The Hall–Kier alpha value is -3.54. The zero-order chi connectivity index (χ0) is 19.1. The third-order valence-electron chi connectivity index (χ3n) is 5.06. The first-order valence-electron chi connectivity index (χ1n) is 9.22. The molecule has 0 saturated carbocycles. The Kier molecular flexibility index (Phi) is 3.90. The number of pyridine rings is 1. The highest BCUT2D eigenvalue weighted by atomic mass is 19.1. The van der Waals surface area contributed by atoms with Crippen molar-refractivity contribution >= 4 is 22.5 Å². The quantitative estimate of drug-likeness (QED) is 0.583. The van der Waals surface area contributed by atoms with Gasteiger partial charge in [0.25, 0.3) is 5.91 Å². The molecule has 0 radical (unpaired) electrons. The van der Waals surface area contributed by atoms with Gasteiger partial charge in [-0.1, -0.05) is 18.2 Å². The molecule has 2 aromatic heterocycles. The van der Waals surface area contributed by atoms with Crippen molar-refractivity contribution in [3.63, 3.8) is 0 Å². The molecule has 1 aliphatic rings. The van der Waals surface area contributed by atoms with Crippen LogP contribution in [0.2, 0.25) is 0 Å². The average Bonchev–Trinajstić information content (AvgIpc) is 3.31. The van der Waals surface area contributed by atoms with Gasteiger partial charge in [0.1, 0.15) is 5.82 Å². The summed E-state index contributed by atoms with van der Waals surface area (Å²) < 4.78 is 15.0. The van der Waals surface area contributed by atoms with Gasteiger partial charge in [0.05, 0.1) is 23.1 Å². The van der Waals surface area contributed by atoms with Crippen LogP contribution in [0.25, 0.3) is 16.6 Å². The summed E-state index contributed by atoms with van der Waals surface area (Å²) in [4.78, 5) is 17.3. The molecule has 1 N–H and O–H groups in total. The van der Waals surface area contributed by atoms with E-state index >= 15 is 0 Å². The molecule has 1 amide bonds. The van der Waals surface area contributed by atoms with Crippen molar-refractivity contribution < 1.29 is 9.18 Å². The minimum atomic E-state index is -0.297. The summed E-state index contributed by atoms with van der Waals surface area (Å²) in [5.74, 6) is -0.551. The second-order valence-corrected chi connectivity index (χ2v) is 6.89. The van der Waals surface area contributed by atoms with Gasteiger partial charge in [-0.2, -0.15) is 5.10 Å². The number of amides is 1. The minimum absolute atomic E-state index is 0.254. The summed E-state index contributed by atoms with van der Waals surface area (Å²) in [6.07, 6.45) is 4.30. The highest BCUT2D eigenvalue weighted by Gasteiger charge is 2.27. The van der Waals surface area contributed by atoms with Gasteiger partial charge in [0.15, 0.2) is 5.69 Å². The summed E-state index contributed by atoms with van der Waals surface area (Å²) >= 11 is 0. The molecule has 5 rings (SSSR count). The highest BCUT2D eigenvalue weighted by molar-refractivity contribution is 6.04. The summed E-state index contributed by atoms with van der Waals surface area (Å²) in [5, 5.41) is 8.43. The van der Waals surface area contributed by atoms with Crippen LogP contribution in [0.3, 0.4) is 0 Å². The fourth-order valence-corrected chi connectivity index (χ4v) is 3.75. The lowest BCUT2D eigenvalue weighted by molar-refractivity contribution is 0.102. The minimum Gasteiger partial charge on any atom is -0.319 e. The molecule has 0 bridgehead atoms. The predicted molar refractivity (Wildman–Crippen MR) is 105 cm³/mol. The van der Waals surface area contributed by atoms with Crippen LogP contribution in [0.5, 0.6) is 0 Å². The first-order valence-corrected chi connectivity index (χ1v) is 9.22. The lowest BCUT2D eigenvalue weighted by atomic mass is 10.2. The van der Waals surface area contributed by atoms with Crippen LogP contribution >= 0.6 is 0 Å². The molecule has 138 valence electrons. The zero-order valence-electron chi connectivity index (χ0n) is 15.0. The Balaban J connectivity index is 1.49. The Morgan fingerprint density at radius 2 is 1.89 bits per heavy atom. The van der Waals surface area contributed by atoms with Gasteiger partial charge in [-0.25, -0.2) is 9.07 Å². The Morgan fingerprint density at radius 3 is 2.75 bits per heavy atom. The second kappa shape index (κ2) is 6.56. The summed E-state index contributed by atoms with van der Waals surface area (Å²) in [5.41, 5.74) is 4.67. The number of hydrogen-bond acceptors (Lipinski definition) is 3. The normalized spacial score (nSPS) is 12.9. The van der Waals surface area contributed by atoms with E-state index in [9.17, 15) is 9.18 Å². The van der Waals surface area contributed by atoms with Gasteiger partial charge in [-0.05, 0) is 55.7 Å². The van der Waals surface area contributed by atoms with Gasteiger partial charge >= 0.3 is 0 Å². The molecule has 6 heteroatoms. The molecule has 0 atom stereocenters. The summed E-state index contributed by atoms with van der Waals surface area (Å²) in [6.45, 7) is 0. The number of anilines is 1. The van der Waals surface area contributed by atoms with Crippen molar-refractivity contribution in [1.29, 1.82) is 0 Å². The number of aromatic nitrogens is 3. The molecule has 2 aromatic carbocycles. The van der Waals surface area contributed by atoms with Crippen LogP contribution in [-0.2, 0) is 12.8 Å². The third-order valence-corrected chi connectivity index (χ3v) is 5.06. The SMILES string of the molecule is O=C(Nc1cnc2ccccc2c1)c1nn(-c2ccc(F)cc2)c2c1CCC2. The summed E-state index contributed by atoms with van der Waals surface area (Å²) in [7, 11) is 0. The maximum absolute atomic E-state index is 13.3. The average molecular weight is 372 g/mol. The molecule has 4 aromatic rings. The fourth-order valence-electron chi connectivity index (χ4n) is 3.75. The second-order valence-electron chi connectivity index (χ2n) is 6.89. The smallest absolute Gasteiger partial charge is 0.276 e. The molecular formula is C22H17FN4O. The lowest BCUT2D eigenvalue weighted by Gasteiger charge is -2.06. The maximum atomic E-state index is 13.3. The van der Waals surface area contributed by atoms with Gasteiger partial charge in [-0.3, -0.25) is 9.78 Å². The Morgan fingerprint density at radius 1 is 1.07 bits per heavy atom. The van der Waals surface area contributed by atoms with Crippen LogP contribution in [0.1, 0.15) is 28.2 Å². The molecule has 1 aliphatic carbocycles. The van der Waals surface area contributed by atoms with Crippen LogP contribution in [0.4, 0.5) is 10.1 Å². The van der Waals surface area contributed by atoms with Crippen molar-refractivity contribution in [3.8, 4) is 5.69 Å². The number of nitrogens with one attached hydrogen (secondary N) is 1. The van der Waals surface area contributed by atoms with E-state index in [2.05, 4.69) is 15.4 Å². The lowest BCUT2D eigenvalue weighted by Crippen LogP contribution is -2.15. The molecule has 5 nitrogen and oxygen atoms in total. The first-order chi connectivity index (χ1) is 13.7. The molecule has 0 aliphatic heterocycles. The van der Waals surface area contributed by atoms with E-state index in [4.69, 9.17) is 0 Å². The van der Waals surface area contributed by atoms with Crippen molar-refractivity contribution in [1.82, 2.24) is 14.8 Å². The maximum Gasteiger partial charge on any atom is 0.276 e. The number of nitrogens with zero attached hydrogens (tertiary/aromatic N) is 3. The van der Waals surface area contributed by atoms with Crippen molar-refractivity contribution in [2.75, 3.05) is 5.32 Å². The molecule has 0 unspecified atom stereocenters. The Bertz CT molecular complexity index is 1200. The van der Waals surface area contributed by atoms with Crippen LogP contribution in [0, 0.1) is 5.82 Å². The van der Waals surface area contributed by atoms with Crippen LogP contribution in [0.15, 0.2) is 60.8 Å². The van der Waals surface area contributed by atoms with Crippen LogP contribution in [-0.4, -0.2) is 20.7 Å². The molecule has 2 heterocycles. The van der Waals surface area contributed by atoms with E-state index in [0.29, 0.717) is 11.4 Å². The predicted octanol–water partition coefficient (Wildman–Crippen LogP) is 4.30. The first kappa shape index (κ1) is 16.6. The number of benzene rings is 2. The molecule has 0 fully saturated rings. The molecular weight excluding hydrogens is 355 g/mol. The topological polar surface area (TPSA) is 59.8 Å². The van der Waals surface area contributed by atoms with E-state index in [-0.39, 0.29) is 11.7 Å². The number of halogens is 1. The van der Waals surface area contributed by atoms with Crippen LogP contribution < -0.4 is 5.32 Å². The summed E-state index contributed by atoms with van der Waals surface area (Å²) in [6, 6.07) is 15.8. The van der Waals surface area contributed by atoms with Gasteiger partial charge < -0.3 is 5.32 Å². The standard InChI is InChI=1S/C22H17FN4O/c23-15-8-10-17(11-9-15)27-20-7-3-5-18(20)21(26-27)22(28)25-16-12-14-4-1-2-6-19(14)24-13-16/h1-2,4,6,8-13H,3,5,7H2,(H,25,28). The monoisotopic (exact) mass is 372 g/mol. The number of para-hydroxylation sites is 1. The number of fused-ring (bicyclic) bond motifs is 2. The fraction of sp³-hybridized carbons (Fsp3) is 0.136. The van der Waals surface area contributed by atoms with Gasteiger partial charge in [-0.15, -0.1) is 0 Å². The third kappa shape index (κ3) is 2.83. The molecule has 28 heavy (non-hydrogen) atoms. The van der Waals surface area contributed by atoms with E-state index in [1.807, 2.05) is 30.3 Å². The van der Waals surface area contributed by atoms with Gasteiger partial charge in [0, 0.05) is 16.6 Å². The van der Waals surface area contributed by atoms with E-state index in [1.165, 1.54) is 12.1 Å². The highest BCUT2D eigenvalue weighted by Crippen LogP contribution is 2.28. The number of carbonyl (C=O) groups excluding carboxylic acids is 1.